The van der Waals surface area contributed by atoms with Crippen molar-refractivity contribution in [2.75, 3.05) is 41.3 Å². The fraction of sp³-hybridized carbons (Fsp3) is 0.484. The van der Waals surface area contributed by atoms with Crippen LogP contribution in [0.2, 0.25) is 0 Å². The van der Waals surface area contributed by atoms with Crippen LogP contribution in [0.5, 0.6) is 0 Å². The highest BCUT2D eigenvalue weighted by molar-refractivity contribution is 7.87. The highest BCUT2D eigenvalue weighted by Crippen LogP contribution is 2.46. The second kappa shape index (κ2) is 12.0. The van der Waals surface area contributed by atoms with Crippen molar-refractivity contribution in [2.24, 2.45) is 5.92 Å². The van der Waals surface area contributed by atoms with E-state index in [1.54, 1.807) is 12.1 Å². The first-order chi connectivity index (χ1) is 19.6. The summed E-state index contributed by atoms with van der Waals surface area (Å²) in [6, 6.07) is 13.8. The lowest BCUT2D eigenvalue weighted by Gasteiger charge is -2.24. The molecule has 1 fully saturated rings. The summed E-state index contributed by atoms with van der Waals surface area (Å²) in [6.07, 6.45) is 6.42. The van der Waals surface area contributed by atoms with Crippen LogP contribution in [-0.4, -0.2) is 75.3 Å². The van der Waals surface area contributed by atoms with E-state index in [2.05, 4.69) is 26.7 Å². The number of benzene rings is 2. The van der Waals surface area contributed by atoms with Crippen molar-refractivity contribution >= 4 is 32.9 Å². The van der Waals surface area contributed by atoms with E-state index in [0.29, 0.717) is 25.4 Å². The van der Waals surface area contributed by atoms with Gasteiger partial charge in [0.2, 0.25) is 5.91 Å². The van der Waals surface area contributed by atoms with Gasteiger partial charge in [-0.15, -0.1) is 0 Å². The summed E-state index contributed by atoms with van der Waals surface area (Å²) in [4.78, 5) is 28.7. The molecule has 0 saturated heterocycles. The van der Waals surface area contributed by atoms with Crippen molar-refractivity contribution in [3.05, 3.63) is 59.2 Å². The smallest absolute Gasteiger partial charge is 0.303 e. The van der Waals surface area contributed by atoms with Gasteiger partial charge in [0.15, 0.2) is 0 Å². The third kappa shape index (κ3) is 6.05. The molecule has 5 rings (SSSR count). The number of nitrogens with one attached hydrogen (secondary N) is 2. The molecular weight excluding hydrogens is 538 g/mol. The van der Waals surface area contributed by atoms with Gasteiger partial charge in [-0.05, 0) is 62.5 Å². The Balaban J connectivity index is 1.66. The number of nitrogens with zero attached hydrogens (tertiary/aromatic N) is 3. The van der Waals surface area contributed by atoms with Crippen LogP contribution in [0.4, 0.5) is 0 Å². The van der Waals surface area contributed by atoms with Crippen molar-refractivity contribution in [3.63, 3.8) is 0 Å². The molecule has 1 aliphatic carbocycles. The maximum Gasteiger partial charge on any atom is 0.303 e. The maximum atomic E-state index is 13.5. The third-order valence-electron chi connectivity index (χ3n) is 8.45. The zero-order valence-corrected chi connectivity index (χ0v) is 25.3. The number of hydrogen-bond acceptors (Lipinski definition) is 5. The molecule has 9 nitrogen and oxygen atoms in total. The van der Waals surface area contributed by atoms with Crippen molar-refractivity contribution in [1.29, 1.82) is 0 Å². The molecule has 2 N–H and O–H groups in total. The van der Waals surface area contributed by atoms with Gasteiger partial charge in [0.1, 0.15) is 0 Å². The quantitative estimate of drug-likeness (QED) is 0.423. The molecule has 1 atom stereocenters. The van der Waals surface area contributed by atoms with Crippen molar-refractivity contribution in [1.82, 2.24) is 23.8 Å². The first-order valence-corrected chi connectivity index (χ1v) is 15.9. The Morgan fingerprint density at radius 1 is 1.00 bits per heavy atom. The molecule has 0 radical (unpaired) electrons. The first-order valence-electron chi connectivity index (χ1n) is 14.5. The molecule has 41 heavy (non-hydrogen) atoms. The zero-order valence-electron chi connectivity index (χ0n) is 24.4. The number of carbonyl (C=O) groups excluding carboxylic acids is 2. The SMILES string of the molecule is CN(C)CCNC(=O)C1Cc2ccccc2-c2c(C3CCCCC3)c3ccc(C(=O)NS(=O)(=O)N(C)C)cc3n2C1. The molecule has 2 aromatic carbocycles. The highest BCUT2D eigenvalue weighted by atomic mass is 32.2. The number of fused-ring (bicyclic) bond motifs is 5. The van der Waals surface area contributed by atoms with Gasteiger partial charge in [-0.1, -0.05) is 49.6 Å². The van der Waals surface area contributed by atoms with Gasteiger partial charge in [0.05, 0.1) is 11.6 Å². The Morgan fingerprint density at radius 3 is 2.44 bits per heavy atom. The topological polar surface area (TPSA) is 104 Å². The molecule has 0 spiro atoms. The molecule has 1 unspecified atom stereocenters. The van der Waals surface area contributed by atoms with Gasteiger partial charge in [-0.25, -0.2) is 4.72 Å². The third-order valence-corrected chi connectivity index (χ3v) is 9.86. The van der Waals surface area contributed by atoms with Crippen LogP contribution in [0, 0.1) is 5.92 Å². The number of aromatic nitrogens is 1. The maximum absolute atomic E-state index is 13.5. The van der Waals surface area contributed by atoms with Crippen LogP contribution < -0.4 is 10.0 Å². The zero-order chi connectivity index (χ0) is 29.3. The van der Waals surface area contributed by atoms with E-state index in [1.807, 2.05) is 37.2 Å². The van der Waals surface area contributed by atoms with Crippen LogP contribution in [0.15, 0.2) is 42.5 Å². The minimum Gasteiger partial charge on any atom is -0.355 e. The van der Waals surface area contributed by atoms with Crippen LogP contribution in [-0.2, 0) is 28.0 Å². The summed E-state index contributed by atoms with van der Waals surface area (Å²) < 4.78 is 30.1. The van der Waals surface area contributed by atoms with Crippen molar-refractivity contribution in [3.8, 4) is 11.3 Å². The van der Waals surface area contributed by atoms with E-state index in [0.717, 1.165) is 51.4 Å². The van der Waals surface area contributed by atoms with Crippen LogP contribution in [0.3, 0.4) is 0 Å². The predicted octanol–water partition coefficient (Wildman–Crippen LogP) is 3.74. The largest absolute Gasteiger partial charge is 0.355 e. The molecule has 1 aromatic heterocycles. The summed E-state index contributed by atoms with van der Waals surface area (Å²) in [5.41, 5.74) is 5.82. The summed E-state index contributed by atoms with van der Waals surface area (Å²) in [5.74, 6) is -0.570. The predicted molar refractivity (Wildman–Crippen MR) is 162 cm³/mol. The Morgan fingerprint density at radius 2 is 1.73 bits per heavy atom. The van der Waals surface area contributed by atoms with Gasteiger partial charge < -0.3 is 14.8 Å². The Bertz CT molecular complexity index is 1550. The Kier molecular flexibility index (Phi) is 8.54. The van der Waals surface area contributed by atoms with Gasteiger partial charge in [0, 0.05) is 55.8 Å². The molecular formula is C31H41N5O4S. The second-order valence-electron chi connectivity index (χ2n) is 11.8. The number of hydrogen-bond donors (Lipinski definition) is 2. The van der Waals surface area contributed by atoms with E-state index < -0.39 is 16.1 Å². The van der Waals surface area contributed by atoms with E-state index in [-0.39, 0.29) is 17.4 Å². The van der Waals surface area contributed by atoms with E-state index in [1.165, 1.54) is 38.9 Å². The van der Waals surface area contributed by atoms with Gasteiger partial charge in [-0.3, -0.25) is 9.59 Å². The molecule has 2 aliphatic rings. The van der Waals surface area contributed by atoms with Gasteiger partial charge >= 0.3 is 10.2 Å². The fourth-order valence-corrected chi connectivity index (χ4v) is 6.81. The van der Waals surface area contributed by atoms with Crippen molar-refractivity contribution in [2.45, 2.75) is 51.0 Å². The monoisotopic (exact) mass is 579 g/mol. The lowest BCUT2D eigenvalue weighted by molar-refractivity contribution is -0.125. The Labute approximate surface area is 243 Å². The van der Waals surface area contributed by atoms with Crippen LogP contribution >= 0.6 is 0 Å². The van der Waals surface area contributed by atoms with Gasteiger partial charge in [0.25, 0.3) is 5.91 Å². The van der Waals surface area contributed by atoms with E-state index >= 15 is 0 Å². The summed E-state index contributed by atoms with van der Waals surface area (Å²) in [5, 5.41) is 4.20. The minimum absolute atomic E-state index is 0.0153. The molecule has 220 valence electrons. The molecule has 0 bridgehead atoms. The average molecular weight is 580 g/mol. The number of carbonyl (C=O) groups is 2. The minimum atomic E-state index is -3.94. The molecule has 3 aromatic rings. The molecule has 2 amide bonds. The Hall–Kier alpha value is -3.21. The molecule has 2 heterocycles. The summed E-state index contributed by atoms with van der Waals surface area (Å²) in [7, 11) is 2.78. The number of rotatable bonds is 8. The summed E-state index contributed by atoms with van der Waals surface area (Å²) >= 11 is 0. The van der Waals surface area contributed by atoms with Crippen molar-refractivity contribution < 1.29 is 18.0 Å². The number of likely N-dealkylation sites (N-methyl/N-ethyl adjacent to an activating group) is 1. The lowest BCUT2D eigenvalue weighted by atomic mass is 9.81. The number of amides is 2. The van der Waals surface area contributed by atoms with E-state index in [4.69, 9.17) is 0 Å². The second-order valence-corrected chi connectivity index (χ2v) is 13.7. The highest BCUT2D eigenvalue weighted by Gasteiger charge is 2.33. The van der Waals surface area contributed by atoms with E-state index in [9.17, 15) is 18.0 Å². The molecule has 10 heteroatoms. The standard InChI is InChI=1S/C31H41N5O4S/c1-34(2)17-16-32-30(37)24-18-22-12-8-9-13-25(22)29-28(21-10-6-5-7-11-21)26-15-14-23(19-27(26)36(29)20-24)31(38)33-41(39,40)35(3)4/h8-9,12-15,19,21,24H,5-7,10-11,16-18,20H2,1-4H3,(H,32,37)(H,33,38). The molecule has 1 aliphatic heterocycles. The fourth-order valence-electron chi connectivity index (χ4n) is 6.27. The molecule has 1 saturated carbocycles. The van der Waals surface area contributed by atoms with Gasteiger partial charge in [-0.2, -0.15) is 12.7 Å². The summed E-state index contributed by atoms with van der Waals surface area (Å²) in [6.45, 7) is 1.80. The average Bonchev–Trinajstić information content (AvgIpc) is 3.15. The lowest BCUT2D eigenvalue weighted by Crippen LogP contribution is -2.39. The van der Waals surface area contributed by atoms with Crippen LogP contribution in [0.25, 0.3) is 22.2 Å². The first kappa shape index (κ1) is 29.3. The normalized spacial score (nSPS) is 17.8. The van der Waals surface area contributed by atoms with Crippen LogP contribution in [0.1, 0.15) is 59.5 Å².